The van der Waals surface area contributed by atoms with Crippen LogP contribution >= 0.6 is 0 Å². The lowest BCUT2D eigenvalue weighted by atomic mass is 10.0. The molecule has 1 atom stereocenters. The average Bonchev–Trinajstić information content (AvgIpc) is 2.91. The SMILES string of the molecule is CC(C)c1ccc(N=NC(C)c2nc(-c3cccc(C(=O)NCc4ccccc4)c3)cnc2N)cc1. The molecule has 0 aliphatic carbocycles. The zero-order chi connectivity index (χ0) is 25.5. The van der Waals surface area contributed by atoms with E-state index in [1.807, 2.05) is 61.5 Å². The summed E-state index contributed by atoms with van der Waals surface area (Å²) in [5, 5.41) is 11.7. The van der Waals surface area contributed by atoms with E-state index in [2.05, 4.69) is 46.5 Å². The van der Waals surface area contributed by atoms with Gasteiger partial charge in [0.15, 0.2) is 0 Å². The van der Waals surface area contributed by atoms with Gasteiger partial charge in [-0.05, 0) is 48.2 Å². The molecule has 0 fully saturated rings. The number of rotatable bonds is 8. The first-order valence-electron chi connectivity index (χ1n) is 12.0. The van der Waals surface area contributed by atoms with Gasteiger partial charge in [0.05, 0.1) is 17.6 Å². The minimum absolute atomic E-state index is 0.157. The first-order valence-corrected chi connectivity index (χ1v) is 12.0. The third-order valence-corrected chi connectivity index (χ3v) is 5.85. The summed E-state index contributed by atoms with van der Waals surface area (Å²) in [6.07, 6.45) is 1.61. The number of nitrogens with two attached hydrogens (primary N) is 1. The number of amides is 1. The summed E-state index contributed by atoms with van der Waals surface area (Å²) in [4.78, 5) is 21.8. The molecule has 0 spiro atoms. The van der Waals surface area contributed by atoms with Crippen molar-refractivity contribution in [2.24, 2.45) is 10.2 Å². The fourth-order valence-electron chi connectivity index (χ4n) is 3.69. The number of azo groups is 1. The van der Waals surface area contributed by atoms with Crippen LogP contribution in [0, 0.1) is 0 Å². The van der Waals surface area contributed by atoms with Crippen LogP contribution in [-0.2, 0) is 6.54 Å². The Morgan fingerprint density at radius 3 is 2.44 bits per heavy atom. The van der Waals surface area contributed by atoms with Crippen molar-refractivity contribution in [3.63, 3.8) is 0 Å². The fourth-order valence-corrected chi connectivity index (χ4v) is 3.69. The number of nitrogens with zero attached hydrogens (tertiary/aromatic N) is 4. The van der Waals surface area contributed by atoms with Gasteiger partial charge < -0.3 is 11.1 Å². The summed E-state index contributed by atoms with van der Waals surface area (Å²) >= 11 is 0. The summed E-state index contributed by atoms with van der Waals surface area (Å²) in [7, 11) is 0. The van der Waals surface area contributed by atoms with E-state index in [9.17, 15) is 4.79 Å². The lowest BCUT2D eigenvalue weighted by Gasteiger charge is -2.11. The molecule has 7 heteroatoms. The van der Waals surface area contributed by atoms with E-state index >= 15 is 0 Å². The van der Waals surface area contributed by atoms with Crippen LogP contribution < -0.4 is 11.1 Å². The van der Waals surface area contributed by atoms with Crippen molar-refractivity contribution in [2.75, 3.05) is 5.73 Å². The second-order valence-electron chi connectivity index (χ2n) is 8.91. The van der Waals surface area contributed by atoms with Crippen molar-refractivity contribution in [1.82, 2.24) is 15.3 Å². The zero-order valence-corrected chi connectivity index (χ0v) is 20.7. The molecular formula is C29H30N6O. The van der Waals surface area contributed by atoms with Crippen LogP contribution in [0.2, 0.25) is 0 Å². The smallest absolute Gasteiger partial charge is 0.251 e. The predicted octanol–water partition coefficient (Wildman–Crippen LogP) is 6.62. The highest BCUT2D eigenvalue weighted by Crippen LogP contribution is 2.27. The average molecular weight is 479 g/mol. The Labute approximate surface area is 211 Å². The second kappa shape index (κ2) is 11.4. The molecule has 0 bridgehead atoms. The zero-order valence-electron chi connectivity index (χ0n) is 20.7. The fraction of sp³-hybridized carbons (Fsp3) is 0.207. The second-order valence-corrected chi connectivity index (χ2v) is 8.91. The summed E-state index contributed by atoms with van der Waals surface area (Å²) in [5.41, 5.74) is 11.6. The van der Waals surface area contributed by atoms with Gasteiger partial charge >= 0.3 is 0 Å². The molecule has 4 aromatic rings. The molecule has 1 heterocycles. The van der Waals surface area contributed by atoms with Crippen molar-refractivity contribution < 1.29 is 4.79 Å². The van der Waals surface area contributed by atoms with E-state index in [1.165, 1.54) is 5.56 Å². The molecule has 0 saturated carbocycles. The number of aromatic nitrogens is 2. The maximum atomic E-state index is 12.7. The van der Waals surface area contributed by atoms with Gasteiger partial charge in [-0.3, -0.25) is 4.79 Å². The van der Waals surface area contributed by atoms with Crippen LogP contribution in [0.25, 0.3) is 11.3 Å². The standard InChI is InChI=1S/C29H30N6O/c1-19(2)22-12-14-25(15-13-22)35-34-20(3)27-28(30)31-18-26(33-27)23-10-7-11-24(16-23)29(36)32-17-21-8-5-4-6-9-21/h4-16,18-20H,17H2,1-3H3,(H2,30,31)(H,32,36). The first-order chi connectivity index (χ1) is 17.4. The predicted molar refractivity (Wildman–Crippen MR) is 143 cm³/mol. The molecule has 1 aromatic heterocycles. The molecule has 3 N–H and O–H groups in total. The number of benzene rings is 3. The van der Waals surface area contributed by atoms with Gasteiger partial charge in [-0.25, -0.2) is 9.97 Å². The Morgan fingerprint density at radius 2 is 1.72 bits per heavy atom. The number of carbonyl (C=O) groups excluding carboxylic acids is 1. The molecule has 1 amide bonds. The Morgan fingerprint density at radius 1 is 0.972 bits per heavy atom. The van der Waals surface area contributed by atoms with Crippen molar-refractivity contribution in [3.05, 3.63) is 107 Å². The number of hydrogen-bond donors (Lipinski definition) is 2. The van der Waals surface area contributed by atoms with Crippen LogP contribution in [0.15, 0.2) is 95.3 Å². The molecule has 3 aromatic carbocycles. The largest absolute Gasteiger partial charge is 0.382 e. The van der Waals surface area contributed by atoms with Crippen LogP contribution in [0.3, 0.4) is 0 Å². The molecular weight excluding hydrogens is 448 g/mol. The molecule has 0 radical (unpaired) electrons. The maximum Gasteiger partial charge on any atom is 0.251 e. The van der Waals surface area contributed by atoms with Crippen molar-refractivity contribution in [2.45, 2.75) is 39.3 Å². The normalized spacial score (nSPS) is 12.1. The van der Waals surface area contributed by atoms with E-state index < -0.39 is 0 Å². The molecule has 4 rings (SSSR count). The van der Waals surface area contributed by atoms with E-state index in [0.717, 1.165) is 16.8 Å². The number of nitrogen functional groups attached to an aromatic ring is 1. The summed E-state index contributed by atoms with van der Waals surface area (Å²) in [5.74, 6) is 0.605. The van der Waals surface area contributed by atoms with Crippen LogP contribution in [0.1, 0.15) is 59.9 Å². The van der Waals surface area contributed by atoms with E-state index in [1.54, 1.807) is 18.3 Å². The lowest BCUT2D eigenvalue weighted by Crippen LogP contribution is -2.22. The first kappa shape index (κ1) is 24.7. The lowest BCUT2D eigenvalue weighted by molar-refractivity contribution is 0.0951. The third-order valence-electron chi connectivity index (χ3n) is 5.85. The molecule has 0 saturated heterocycles. The number of anilines is 1. The van der Waals surface area contributed by atoms with E-state index in [0.29, 0.717) is 35.2 Å². The molecule has 0 aliphatic heterocycles. The van der Waals surface area contributed by atoms with Gasteiger partial charge in [-0.15, -0.1) is 0 Å². The summed E-state index contributed by atoms with van der Waals surface area (Å²) in [6, 6.07) is 24.7. The molecule has 0 aliphatic rings. The highest BCUT2D eigenvalue weighted by atomic mass is 16.1. The van der Waals surface area contributed by atoms with Crippen molar-refractivity contribution >= 4 is 17.4 Å². The van der Waals surface area contributed by atoms with E-state index in [4.69, 9.17) is 10.7 Å². The highest BCUT2D eigenvalue weighted by Gasteiger charge is 2.15. The van der Waals surface area contributed by atoms with Crippen molar-refractivity contribution in [1.29, 1.82) is 0 Å². The van der Waals surface area contributed by atoms with Gasteiger partial charge in [0.1, 0.15) is 17.6 Å². The van der Waals surface area contributed by atoms with E-state index in [-0.39, 0.29) is 11.9 Å². The van der Waals surface area contributed by atoms with Gasteiger partial charge in [0.2, 0.25) is 0 Å². The van der Waals surface area contributed by atoms with Crippen LogP contribution in [0.4, 0.5) is 11.5 Å². The molecule has 36 heavy (non-hydrogen) atoms. The van der Waals surface area contributed by atoms with Gasteiger partial charge in [0.25, 0.3) is 5.91 Å². The minimum atomic E-state index is -0.389. The van der Waals surface area contributed by atoms with Gasteiger partial charge in [-0.1, -0.05) is 68.4 Å². The van der Waals surface area contributed by atoms with Gasteiger partial charge in [0, 0.05) is 17.7 Å². The molecule has 7 nitrogen and oxygen atoms in total. The third kappa shape index (κ3) is 6.18. The number of carbonyl (C=O) groups is 1. The van der Waals surface area contributed by atoms with Gasteiger partial charge in [-0.2, -0.15) is 10.2 Å². The Balaban J connectivity index is 1.49. The summed E-state index contributed by atoms with van der Waals surface area (Å²) < 4.78 is 0. The number of nitrogens with one attached hydrogen (secondary N) is 1. The Kier molecular flexibility index (Phi) is 7.80. The molecule has 182 valence electrons. The molecule has 1 unspecified atom stereocenters. The Bertz CT molecular complexity index is 1350. The Hall–Kier alpha value is -4.39. The van der Waals surface area contributed by atoms with Crippen LogP contribution in [-0.4, -0.2) is 15.9 Å². The maximum absolute atomic E-state index is 12.7. The monoisotopic (exact) mass is 478 g/mol. The highest BCUT2D eigenvalue weighted by molar-refractivity contribution is 5.95. The summed E-state index contributed by atoms with van der Waals surface area (Å²) in [6.45, 7) is 6.64. The quantitative estimate of drug-likeness (QED) is 0.277. The number of hydrogen-bond acceptors (Lipinski definition) is 6. The van der Waals surface area contributed by atoms with Crippen LogP contribution in [0.5, 0.6) is 0 Å². The van der Waals surface area contributed by atoms with Crippen molar-refractivity contribution in [3.8, 4) is 11.3 Å². The topological polar surface area (TPSA) is 106 Å². The minimum Gasteiger partial charge on any atom is -0.382 e.